The molecule has 1 aliphatic heterocycles. The largest absolute Gasteiger partial charge is 0.397 e. The third-order valence-electron chi connectivity index (χ3n) is 3.74. The van der Waals surface area contributed by atoms with Crippen LogP contribution in [0, 0.1) is 10.1 Å². The average Bonchev–Trinajstić information content (AvgIpc) is 2.90. The van der Waals surface area contributed by atoms with Crippen LogP contribution in [-0.4, -0.2) is 53.9 Å². The lowest BCUT2D eigenvalue weighted by molar-refractivity contribution is -0.384. The van der Waals surface area contributed by atoms with E-state index in [9.17, 15) is 14.9 Å². The minimum atomic E-state index is -0.589. The molecule has 21 heavy (non-hydrogen) atoms. The van der Waals surface area contributed by atoms with Gasteiger partial charge >= 0.3 is 0 Å². The standard InChI is InChI=1S/C13H17ClN4O3/c1-16(2)8-3-4-17(7-8)13(19)10-5-9(18(20)21)6-11(14)12(10)15/h5-6,8H,3-4,7,15H2,1-2H3. The highest BCUT2D eigenvalue weighted by molar-refractivity contribution is 6.34. The van der Waals surface area contributed by atoms with Gasteiger partial charge in [0, 0.05) is 31.3 Å². The molecule has 0 saturated carbocycles. The number of hydrogen-bond acceptors (Lipinski definition) is 5. The minimum Gasteiger partial charge on any atom is -0.397 e. The summed E-state index contributed by atoms with van der Waals surface area (Å²) in [7, 11) is 3.91. The zero-order chi connectivity index (χ0) is 15.7. The molecule has 0 radical (unpaired) electrons. The minimum absolute atomic E-state index is 0.0240. The van der Waals surface area contributed by atoms with Crippen molar-refractivity contribution < 1.29 is 9.72 Å². The molecule has 0 aromatic heterocycles. The molecular formula is C13H17ClN4O3. The molecule has 0 bridgehead atoms. The van der Waals surface area contributed by atoms with Gasteiger partial charge in [-0.2, -0.15) is 0 Å². The smallest absolute Gasteiger partial charge is 0.271 e. The van der Waals surface area contributed by atoms with E-state index in [0.29, 0.717) is 13.1 Å². The van der Waals surface area contributed by atoms with Crippen LogP contribution in [0.4, 0.5) is 11.4 Å². The van der Waals surface area contributed by atoms with Crippen molar-refractivity contribution in [3.8, 4) is 0 Å². The Morgan fingerprint density at radius 1 is 1.52 bits per heavy atom. The fourth-order valence-electron chi connectivity index (χ4n) is 2.40. The normalized spacial score (nSPS) is 18.3. The van der Waals surface area contributed by atoms with Gasteiger partial charge < -0.3 is 15.5 Å². The second-order valence-electron chi connectivity index (χ2n) is 5.30. The summed E-state index contributed by atoms with van der Waals surface area (Å²) in [6.45, 7) is 1.17. The van der Waals surface area contributed by atoms with Crippen molar-refractivity contribution >= 4 is 28.9 Å². The number of nitro benzene ring substituents is 1. The van der Waals surface area contributed by atoms with Crippen LogP contribution in [0.2, 0.25) is 5.02 Å². The van der Waals surface area contributed by atoms with E-state index in [4.69, 9.17) is 17.3 Å². The van der Waals surface area contributed by atoms with Crippen LogP contribution < -0.4 is 5.73 Å². The van der Waals surface area contributed by atoms with Crippen LogP contribution in [0.15, 0.2) is 12.1 Å². The fourth-order valence-corrected chi connectivity index (χ4v) is 2.62. The molecule has 1 heterocycles. The quantitative estimate of drug-likeness (QED) is 0.520. The second kappa shape index (κ2) is 5.87. The van der Waals surface area contributed by atoms with Gasteiger partial charge in [-0.05, 0) is 20.5 Å². The maximum Gasteiger partial charge on any atom is 0.271 e. The van der Waals surface area contributed by atoms with Gasteiger partial charge in [0.1, 0.15) is 0 Å². The summed E-state index contributed by atoms with van der Waals surface area (Å²) in [5.41, 5.74) is 5.74. The summed E-state index contributed by atoms with van der Waals surface area (Å²) in [4.78, 5) is 26.5. The molecule has 1 unspecified atom stereocenters. The molecule has 114 valence electrons. The molecule has 2 N–H and O–H groups in total. The fraction of sp³-hybridized carbons (Fsp3) is 0.462. The Kier molecular flexibility index (Phi) is 4.34. The highest BCUT2D eigenvalue weighted by Crippen LogP contribution is 2.30. The molecule has 1 aliphatic rings. The first kappa shape index (κ1) is 15.5. The molecule has 2 rings (SSSR count). The number of carbonyl (C=O) groups is 1. The number of nitrogens with two attached hydrogens (primary N) is 1. The lowest BCUT2D eigenvalue weighted by atomic mass is 10.1. The van der Waals surface area contributed by atoms with Crippen LogP contribution in [0.25, 0.3) is 0 Å². The van der Waals surface area contributed by atoms with Gasteiger partial charge in [-0.3, -0.25) is 14.9 Å². The van der Waals surface area contributed by atoms with Gasteiger partial charge in [-0.15, -0.1) is 0 Å². The van der Waals surface area contributed by atoms with Crippen molar-refractivity contribution in [1.29, 1.82) is 0 Å². The SMILES string of the molecule is CN(C)C1CCN(C(=O)c2cc([N+](=O)[O-])cc(Cl)c2N)C1. The Labute approximate surface area is 127 Å². The number of hydrogen-bond donors (Lipinski definition) is 1. The molecule has 1 aromatic carbocycles. The third kappa shape index (κ3) is 3.08. The molecular weight excluding hydrogens is 296 g/mol. The predicted octanol–water partition coefficient (Wildman–Crippen LogP) is 1.61. The first-order chi connectivity index (χ1) is 9.81. The molecule has 1 aromatic rings. The van der Waals surface area contributed by atoms with Gasteiger partial charge in [-0.1, -0.05) is 11.6 Å². The van der Waals surface area contributed by atoms with Crippen molar-refractivity contribution in [2.24, 2.45) is 0 Å². The molecule has 0 spiro atoms. The summed E-state index contributed by atoms with van der Waals surface area (Å²) in [6.07, 6.45) is 0.862. The number of nitrogens with zero attached hydrogens (tertiary/aromatic N) is 3. The maximum atomic E-state index is 12.5. The first-order valence-corrected chi connectivity index (χ1v) is 6.88. The number of likely N-dealkylation sites (tertiary alicyclic amines) is 1. The van der Waals surface area contributed by atoms with Gasteiger partial charge in [0.2, 0.25) is 0 Å². The highest BCUT2D eigenvalue weighted by atomic mass is 35.5. The number of nitrogen functional groups attached to an aromatic ring is 1. The Hall–Kier alpha value is -1.86. The third-order valence-corrected chi connectivity index (χ3v) is 4.05. The lowest BCUT2D eigenvalue weighted by Gasteiger charge is -2.21. The number of halogens is 1. The van der Waals surface area contributed by atoms with Crippen LogP contribution in [0.3, 0.4) is 0 Å². The summed E-state index contributed by atoms with van der Waals surface area (Å²) in [5.74, 6) is -0.317. The Bertz CT molecular complexity index is 591. The van der Waals surface area contributed by atoms with Gasteiger partial charge in [0.15, 0.2) is 0 Å². The number of carbonyl (C=O) groups excluding carboxylic acids is 1. The molecule has 0 aliphatic carbocycles. The summed E-state index contributed by atoms with van der Waals surface area (Å²) >= 11 is 5.88. The zero-order valence-electron chi connectivity index (χ0n) is 11.9. The summed E-state index contributed by atoms with van der Waals surface area (Å²) in [5, 5.41) is 10.9. The first-order valence-electron chi connectivity index (χ1n) is 6.50. The number of benzene rings is 1. The highest BCUT2D eigenvalue weighted by Gasteiger charge is 2.30. The van der Waals surface area contributed by atoms with Crippen LogP contribution in [0.1, 0.15) is 16.8 Å². The zero-order valence-corrected chi connectivity index (χ0v) is 12.6. The van der Waals surface area contributed by atoms with E-state index in [1.807, 2.05) is 14.1 Å². The van der Waals surface area contributed by atoms with Gasteiger partial charge in [-0.25, -0.2) is 0 Å². The van der Waals surface area contributed by atoms with E-state index in [1.54, 1.807) is 4.90 Å². The number of likely N-dealkylation sites (N-methyl/N-ethyl adjacent to an activating group) is 1. The Balaban J connectivity index is 2.29. The van der Waals surface area contributed by atoms with Crippen LogP contribution in [0.5, 0.6) is 0 Å². The lowest BCUT2D eigenvalue weighted by Crippen LogP contribution is -2.34. The maximum absolute atomic E-state index is 12.5. The van der Waals surface area contributed by atoms with Crippen molar-refractivity contribution in [3.63, 3.8) is 0 Å². The van der Waals surface area contributed by atoms with E-state index in [1.165, 1.54) is 6.07 Å². The number of rotatable bonds is 3. The number of anilines is 1. The second-order valence-corrected chi connectivity index (χ2v) is 5.71. The molecule has 1 amide bonds. The summed E-state index contributed by atoms with van der Waals surface area (Å²) < 4.78 is 0. The summed E-state index contributed by atoms with van der Waals surface area (Å²) in [6, 6.07) is 2.62. The number of nitro groups is 1. The molecule has 1 fully saturated rings. The Morgan fingerprint density at radius 2 is 2.19 bits per heavy atom. The van der Waals surface area contributed by atoms with E-state index in [0.717, 1.165) is 12.5 Å². The predicted molar refractivity (Wildman–Crippen MR) is 80.5 cm³/mol. The van der Waals surface area contributed by atoms with Crippen LogP contribution in [-0.2, 0) is 0 Å². The topological polar surface area (TPSA) is 92.7 Å². The van der Waals surface area contributed by atoms with E-state index < -0.39 is 4.92 Å². The monoisotopic (exact) mass is 312 g/mol. The molecule has 1 atom stereocenters. The molecule has 8 heteroatoms. The van der Waals surface area contributed by atoms with Crippen LogP contribution >= 0.6 is 11.6 Å². The van der Waals surface area contributed by atoms with Gasteiger partial charge in [0.25, 0.3) is 11.6 Å². The molecule has 7 nitrogen and oxygen atoms in total. The number of amides is 1. The van der Waals surface area contributed by atoms with Crippen molar-refractivity contribution in [2.75, 3.05) is 32.9 Å². The average molecular weight is 313 g/mol. The van der Waals surface area contributed by atoms with Crippen molar-refractivity contribution in [1.82, 2.24) is 9.80 Å². The van der Waals surface area contributed by atoms with E-state index in [2.05, 4.69) is 4.90 Å². The van der Waals surface area contributed by atoms with E-state index in [-0.39, 0.29) is 33.9 Å². The molecule has 1 saturated heterocycles. The van der Waals surface area contributed by atoms with Gasteiger partial charge in [0.05, 0.1) is 21.2 Å². The van der Waals surface area contributed by atoms with Crippen molar-refractivity contribution in [3.05, 3.63) is 32.8 Å². The number of non-ortho nitro benzene ring substituents is 1. The van der Waals surface area contributed by atoms with E-state index >= 15 is 0 Å². The van der Waals surface area contributed by atoms with Crippen molar-refractivity contribution in [2.45, 2.75) is 12.5 Å². The Morgan fingerprint density at radius 3 is 2.71 bits per heavy atom.